The second-order valence-corrected chi connectivity index (χ2v) is 10.8. The van der Waals surface area contributed by atoms with Crippen molar-refractivity contribution in [2.45, 2.75) is 37.4 Å². The van der Waals surface area contributed by atoms with E-state index in [2.05, 4.69) is 50.9 Å². The molecule has 5 nitrogen and oxygen atoms in total. The van der Waals surface area contributed by atoms with Gasteiger partial charge in [-0.2, -0.15) is 0 Å². The number of benzene rings is 4. The Bertz CT molecular complexity index is 1350. The molecule has 4 aromatic carbocycles. The van der Waals surface area contributed by atoms with Gasteiger partial charge in [0.15, 0.2) is 0 Å². The van der Waals surface area contributed by atoms with Crippen LogP contribution in [0.2, 0.25) is 0 Å². The number of halogens is 1. The molecule has 4 aromatic rings. The molecule has 0 bridgehead atoms. The molecule has 0 aliphatic rings. The first-order valence-corrected chi connectivity index (χ1v) is 16.2. The van der Waals surface area contributed by atoms with Gasteiger partial charge in [0.2, 0.25) is 0 Å². The van der Waals surface area contributed by atoms with E-state index in [-0.39, 0.29) is 10.9 Å². The predicted octanol–water partition coefficient (Wildman–Crippen LogP) is 7.34. The average molecular weight is 650 g/mol. The zero-order valence-corrected chi connectivity index (χ0v) is 25.3. The Kier molecular flexibility index (Phi) is 12.8. The molecular formula is C31H33ClN2O3RuS. The molecule has 0 saturated carbocycles. The normalized spacial score (nSPS) is 12.7. The number of hydrogen-bond acceptors (Lipinski definition) is 4. The number of rotatable bonds is 12. The summed E-state index contributed by atoms with van der Waals surface area (Å²) in [5, 5.41) is 3.53. The SMILES string of the molecule is Cc1ccc(COCCN[C@H](c2ccccc2)C([N-]S(=O)(=O)c2ccc(C)cc2)c2ccccc2)cc1.[Cl][Ru+]. The third-order valence-corrected chi connectivity index (χ3v) is 7.56. The summed E-state index contributed by atoms with van der Waals surface area (Å²) in [4.78, 5) is 0.187. The Morgan fingerprint density at radius 3 is 1.85 bits per heavy atom. The van der Waals surface area contributed by atoms with Crippen molar-refractivity contribution >= 4 is 19.7 Å². The molecule has 1 N–H and O–H groups in total. The van der Waals surface area contributed by atoms with Crippen LogP contribution in [-0.4, -0.2) is 21.6 Å². The van der Waals surface area contributed by atoms with Crippen LogP contribution < -0.4 is 5.32 Å². The van der Waals surface area contributed by atoms with E-state index >= 15 is 0 Å². The van der Waals surface area contributed by atoms with Crippen LogP contribution in [0.1, 0.15) is 39.9 Å². The second-order valence-electron chi connectivity index (χ2n) is 9.13. The Morgan fingerprint density at radius 2 is 1.28 bits per heavy atom. The fraction of sp³-hybridized carbons (Fsp3) is 0.226. The first kappa shape index (κ1) is 31.2. The molecule has 4 rings (SSSR count). The van der Waals surface area contributed by atoms with Crippen LogP contribution in [0, 0.1) is 13.8 Å². The molecule has 39 heavy (non-hydrogen) atoms. The van der Waals surface area contributed by atoms with E-state index in [1.807, 2.05) is 84.9 Å². The van der Waals surface area contributed by atoms with E-state index in [9.17, 15) is 8.42 Å². The first-order valence-electron chi connectivity index (χ1n) is 12.6. The number of nitrogens with one attached hydrogen (secondary N) is 1. The zero-order chi connectivity index (χ0) is 28.1. The van der Waals surface area contributed by atoms with E-state index in [0.29, 0.717) is 19.8 Å². The molecule has 0 aromatic heterocycles. The van der Waals surface area contributed by atoms with E-state index in [4.69, 9.17) is 4.74 Å². The molecule has 1 unspecified atom stereocenters. The van der Waals surface area contributed by atoms with Crippen LogP contribution in [0.15, 0.2) is 114 Å². The maximum atomic E-state index is 13.4. The van der Waals surface area contributed by atoms with Gasteiger partial charge in [-0.25, -0.2) is 8.42 Å². The molecule has 0 aliphatic carbocycles. The number of sulfonamides is 1. The molecule has 0 saturated heterocycles. The van der Waals surface area contributed by atoms with Crippen molar-refractivity contribution in [1.82, 2.24) is 5.32 Å². The molecular weight excluding hydrogens is 617 g/mol. The molecule has 0 amide bonds. The van der Waals surface area contributed by atoms with E-state index in [1.165, 1.54) is 5.56 Å². The second kappa shape index (κ2) is 16.0. The first-order chi connectivity index (χ1) is 18.9. The van der Waals surface area contributed by atoms with Crippen LogP contribution in [0.25, 0.3) is 4.72 Å². The van der Waals surface area contributed by atoms with Gasteiger partial charge in [0, 0.05) is 17.5 Å². The van der Waals surface area contributed by atoms with Crippen molar-refractivity contribution in [3.63, 3.8) is 0 Å². The van der Waals surface area contributed by atoms with Crippen molar-refractivity contribution in [1.29, 1.82) is 0 Å². The summed E-state index contributed by atoms with van der Waals surface area (Å²) in [7, 11) is 0.670. The van der Waals surface area contributed by atoms with Crippen molar-refractivity contribution < 1.29 is 30.5 Å². The quantitative estimate of drug-likeness (QED) is 0.129. The molecule has 2 atom stereocenters. The van der Waals surface area contributed by atoms with Gasteiger partial charge < -0.3 is 14.8 Å². The summed E-state index contributed by atoms with van der Waals surface area (Å²) < 4.78 is 37.2. The maximum absolute atomic E-state index is 13.4. The number of hydrogen-bond donors (Lipinski definition) is 1. The van der Waals surface area contributed by atoms with Crippen LogP contribution >= 0.6 is 9.69 Å². The summed E-state index contributed by atoms with van der Waals surface area (Å²) >= 11 is 1.82. The van der Waals surface area contributed by atoms with Gasteiger partial charge in [0.25, 0.3) is 0 Å². The minimum absolute atomic E-state index is 0.187. The third-order valence-electron chi connectivity index (χ3n) is 6.19. The van der Waals surface area contributed by atoms with Gasteiger partial charge in [-0.3, -0.25) is 0 Å². The molecule has 0 heterocycles. The monoisotopic (exact) mass is 650 g/mol. The summed E-state index contributed by atoms with van der Waals surface area (Å²) in [6, 6.07) is 33.5. The fourth-order valence-electron chi connectivity index (χ4n) is 4.12. The summed E-state index contributed by atoms with van der Waals surface area (Å²) in [6.45, 7) is 5.52. The Balaban J connectivity index is 0.00000205. The molecule has 8 heteroatoms. The van der Waals surface area contributed by atoms with E-state index in [1.54, 1.807) is 24.3 Å². The minimum atomic E-state index is -3.90. The summed E-state index contributed by atoms with van der Waals surface area (Å²) in [5.74, 6) is 0. The average Bonchev–Trinajstić information content (AvgIpc) is 2.97. The molecule has 0 aliphatic heterocycles. The molecule has 0 radical (unpaired) electrons. The van der Waals surface area contributed by atoms with Gasteiger partial charge >= 0.3 is 27.0 Å². The summed E-state index contributed by atoms with van der Waals surface area (Å²) in [6.07, 6.45) is 0. The van der Waals surface area contributed by atoms with Gasteiger partial charge in [-0.05, 0) is 37.1 Å². The van der Waals surface area contributed by atoms with Gasteiger partial charge in [0.1, 0.15) is 10.0 Å². The van der Waals surface area contributed by atoms with E-state index < -0.39 is 16.1 Å². The van der Waals surface area contributed by atoms with Crippen LogP contribution in [0.4, 0.5) is 0 Å². The van der Waals surface area contributed by atoms with Crippen LogP contribution in [0.3, 0.4) is 0 Å². The third kappa shape index (κ3) is 9.64. The van der Waals surface area contributed by atoms with Crippen molar-refractivity contribution in [3.05, 3.63) is 142 Å². The molecule has 0 spiro atoms. The van der Waals surface area contributed by atoms with Crippen molar-refractivity contribution in [2.24, 2.45) is 0 Å². The molecule has 0 fully saturated rings. The Hall–Kier alpha value is -2.38. The van der Waals surface area contributed by atoms with Crippen molar-refractivity contribution in [3.8, 4) is 0 Å². The number of aryl methyl sites for hydroxylation is 2. The predicted molar refractivity (Wildman–Crippen MR) is 155 cm³/mol. The van der Waals surface area contributed by atoms with Crippen LogP contribution in [0.5, 0.6) is 0 Å². The Morgan fingerprint density at radius 1 is 0.769 bits per heavy atom. The van der Waals surface area contributed by atoms with Gasteiger partial charge in [-0.1, -0.05) is 120 Å². The van der Waals surface area contributed by atoms with Crippen LogP contribution in [-0.2, 0) is 38.7 Å². The van der Waals surface area contributed by atoms with Crippen molar-refractivity contribution in [2.75, 3.05) is 13.2 Å². The zero-order valence-electron chi connectivity index (χ0n) is 22.0. The standard InChI is InChI=1S/C31H33N2O3S.ClH.Ru/c1-24-13-17-26(18-14-24)23-36-22-21-32-30(27-9-5-3-6-10-27)31(28-11-7-4-8-12-28)33-37(34,35)29-19-15-25(2)16-20-29;;/h3-20,30-32H,21-23H2,1-2H3;1H;/q-1;;+2/p-1/t30-,31?;;/m1../s1. The topological polar surface area (TPSA) is 69.5 Å². The number of ether oxygens (including phenoxy) is 1. The van der Waals surface area contributed by atoms with Gasteiger partial charge in [0.05, 0.1) is 13.2 Å². The summed E-state index contributed by atoms with van der Waals surface area (Å²) in [5.41, 5.74) is 5.10. The molecule has 206 valence electrons. The van der Waals surface area contributed by atoms with E-state index in [0.717, 1.165) is 22.3 Å². The Labute approximate surface area is 246 Å². The fourth-order valence-corrected chi connectivity index (χ4v) is 5.26. The van der Waals surface area contributed by atoms with Gasteiger partial charge in [-0.15, -0.1) is 0 Å². The number of nitrogens with zero attached hydrogens (tertiary/aromatic N) is 1.